The topological polar surface area (TPSA) is 15.3 Å². The highest BCUT2D eigenvalue weighted by Gasteiger charge is 2.19. The van der Waals surface area contributed by atoms with E-state index >= 15 is 0 Å². The molecule has 1 atom stereocenters. The van der Waals surface area contributed by atoms with Gasteiger partial charge >= 0.3 is 0 Å². The van der Waals surface area contributed by atoms with Crippen molar-refractivity contribution in [3.05, 3.63) is 34.9 Å². The van der Waals surface area contributed by atoms with E-state index in [1.165, 1.54) is 29.7 Å². The van der Waals surface area contributed by atoms with Gasteiger partial charge in [-0.3, -0.25) is 4.90 Å². The number of hydrogen-bond acceptors (Lipinski definition) is 2. The summed E-state index contributed by atoms with van der Waals surface area (Å²) in [6, 6.07) is 7.51. The minimum Gasteiger partial charge on any atom is -0.315 e. The lowest BCUT2D eigenvalue weighted by molar-refractivity contribution is 0.224. The van der Waals surface area contributed by atoms with Gasteiger partial charge in [0.1, 0.15) is 0 Å². The molecule has 0 bridgehead atoms. The molecule has 1 aromatic rings. The van der Waals surface area contributed by atoms with Crippen LogP contribution in [-0.4, -0.2) is 31.1 Å². The predicted molar refractivity (Wildman–Crippen MR) is 82.7 cm³/mol. The van der Waals surface area contributed by atoms with E-state index in [9.17, 15) is 0 Å². The van der Waals surface area contributed by atoms with Gasteiger partial charge in [-0.1, -0.05) is 32.0 Å². The summed E-state index contributed by atoms with van der Waals surface area (Å²) in [4.78, 5) is 2.62. The lowest BCUT2D eigenvalue weighted by atomic mass is 9.94. The second-order valence-corrected chi connectivity index (χ2v) is 6.09. The number of aryl methyl sites for hydroxylation is 1. The Balaban J connectivity index is 2.21. The average molecular weight is 260 g/mol. The summed E-state index contributed by atoms with van der Waals surface area (Å²) in [5.41, 5.74) is 4.39. The summed E-state index contributed by atoms with van der Waals surface area (Å²) < 4.78 is 0. The van der Waals surface area contributed by atoms with Gasteiger partial charge in [0.2, 0.25) is 0 Å². The third kappa shape index (κ3) is 3.58. The molecule has 1 aliphatic heterocycles. The van der Waals surface area contributed by atoms with Crippen LogP contribution >= 0.6 is 0 Å². The standard InChI is InChI=1S/C17H28N2/c1-13(2)16-7-6-14(3)17(12-16)15(4)19-10-5-8-18-9-11-19/h6-7,12-13,15,18H,5,8-11H2,1-4H3. The van der Waals surface area contributed by atoms with Gasteiger partial charge in [0.25, 0.3) is 0 Å². The lowest BCUT2D eigenvalue weighted by Gasteiger charge is -2.29. The van der Waals surface area contributed by atoms with Crippen molar-refractivity contribution in [1.29, 1.82) is 0 Å². The molecular formula is C17H28N2. The minimum absolute atomic E-state index is 0.526. The SMILES string of the molecule is Cc1ccc(C(C)C)cc1C(C)N1CCCNCC1. The molecule has 0 radical (unpaired) electrons. The maximum atomic E-state index is 3.49. The third-order valence-corrected chi connectivity index (χ3v) is 4.34. The summed E-state index contributed by atoms with van der Waals surface area (Å²) in [6.07, 6.45) is 1.26. The van der Waals surface area contributed by atoms with Gasteiger partial charge in [-0.2, -0.15) is 0 Å². The van der Waals surface area contributed by atoms with E-state index in [-0.39, 0.29) is 0 Å². The van der Waals surface area contributed by atoms with E-state index in [1.807, 2.05) is 0 Å². The summed E-state index contributed by atoms with van der Waals surface area (Å²) in [7, 11) is 0. The molecule has 1 heterocycles. The summed E-state index contributed by atoms with van der Waals surface area (Å²) in [6.45, 7) is 13.8. The highest BCUT2D eigenvalue weighted by molar-refractivity contribution is 5.34. The van der Waals surface area contributed by atoms with Crippen LogP contribution in [0.5, 0.6) is 0 Å². The number of hydrogen-bond donors (Lipinski definition) is 1. The lowest BCUT2D eigenvalue weighted by Crippen LogP contribution is -2.31. The molecule has 1 aromatic carbocycles. The van der Waals surface area contributed by atoms with Crippen molar-refractivity contribution in [3.8, 4) is 0 Å². The molecule has 106 valence electrons. The van der Waals surface area contributed by atoms with E-state index in [0.717, 1.165) is 19.6 Å². The van der Waals surface area contributed by atoms with Crippen molar-refractivity contribution >= 4 is 0 Å². The van der Waals surface area contributed by atoms with Gasteiger partial charge in [-0.15, -0.1) is 0 Å². The normalized spacial score (nSPS) is 19.4. The predicted octanol–water partition coefficient (Wildman–Crippen LogP) is 3.47. The van der Waals surface area contributed by atoms with Crippen LogP contribution in [0.25, 0.3) is 0 Å². The fraction of sp³-hybridized carbons (Fsp3) is 0.647. The van der Waals surface area contributed by atoms with Crippen LogP contribution in [0, 0.1) is 6.92 Å². The van der Waals surface area contributed by atoms with E-state index < -0.39 is 0 Å². The van der Waals surface area contributed by atoms with Crippen molar-refractivity contribution < 1.29 is 0 Å². The highest BCUT2D eigenvalue weighted by Crippen LogP contribution is 2.27. The molecule has 0 aromatic heterocycles. The van der Waals surface area contributed by atoms with Gasteiger partial charge in [0.15, 0.2) is 0 Å². The summed E-state index contributed by atoms with van der Waals surface area (Å²) in [5.74, 6) is 0.609. The van der Waals surface area contributed by atoms with Crippen LogP contribution in [-0.2, 0) is 0 Å². The van der Waals surface area contributed by atoms with E-state index in [2.05, 4.69) is 56.1 Å². The molecule has 1 unspecified atom stereocenters. The molecule has 0 aliphatic carbocycles. The molecule has 2 nitrogen and oxygen atoms in total. The van der Waals surface area contributed by atoms with Crippen molar-refractivity contribution in [2.45, 2.75) is 46.1 Å². The zero-order valence-corrected chi connectivity index (χ0v) is 12.9. The van der Waals surface area contributed by atoms with Crippen LogP contribution in [0.2, 0.25) is 0 Å². The number of benzene rings is 1. The Labute approximate surface area is 118 Å². The van der Waals surface area contributed by atoms with Crippen LogP contribution in [0.3, 0.4) is 0 Å². The van der Waals surface area contributed by atoms with E-state index in [4.69, 9.17) is 0 Å². The molecule has 0 amide bonds. The fourth-order valence-electron chi connectivity index (χ4n) is 2.92. The average Bonchev–Trinajstić information content (AvgIpc) is 2.67. The maximum Gasteiger partial charge on any atom is 0.0323 e. The third-order valence-electron chi connectivity index (χ3n) is 4.34. The van der Waals surface area contributed by atoms with E-state index in [1.54, 1.807) is 0 Å². The second-order valence-electron chi connectivity index (χ2n) is 6.09. The van der Waals surface area contributed by atoms with Crippen LogP contribution in [0.1, 0.15) is 55.8 Å². The molecule has 1 fully saturated rings. The smallest absolute Gasteiger partial charge is 0.0323 e. The van der Waals surface area contributed by atoms with E-state index in [0.29, 0.717) is 12.0 Å². The molecule has 1 N–H and O–H groups in total. The summed E-state index contributed by atoms with van der Waals surface area (Å²) in [5, 5.41) is 3.49. The number of nitrogens with one attached hydrogen (secondary N) is 1. The monoisotopic (exact) mass is 260 g/mol. The Kier molecular flexibility index (Phi) is 5.00. The first kappa shape index (κ1) is 14.5. The quantitative estimate of drug-likeness (QED) is 0.895. The Hall–Kier alpha value is -0.860. The Morgan fingerprint density at radius 1 is 1.11 bits per heavy atom. The first-order valence-corrected chi connectivity index (χ1v) is 7.65. The first-order valence-electron chi connectivity index (χ1n) is 7.65. The van der Waals surface area contributed by atoms with Gasteiger partial charge < -0.3 is 5.32 Å². The largest absolute Gasteiger partial charge is 0.315 e. The molecule has 2 rings (SSSR count). The van der Waals surface area contributed by atoms with Gasteiger partial charge in [-0.25, -0.2) is 0 Å². The van der Waals surface area contributed by atoms with Crippen molar-refractivity contribution in [2.75, 3.05) is 26.2 Å². The Morgan fingerprint density at radius 3 is 2.63 bits per heavy atom. The van der Waals surface area contributed by atoms with Crippen LogP contribution in [0.4, 0.5) is 0 Å². The van der Waals surface area contributed by atoms with Gasteiger partial charge in [-0.05, 0) is 56.0 Å². The number of rotatable bonds is 3. The molecule has 0 saturated carbocycles. The number of nitrogens with zero attached hydrogens (tertiary/aromatic N) is 1. The molecule has 19 heavy (non-hydrogen) atoms. The van der Waals surface area contributed by atoms with Crippen molar-refractivity contribution in [1.82, 2.24) is 10.2 Å². The fourth-order valence-corrected chi connectivity index (χ4v) is 2.92. The Morgan fingerprint density at radius 2 is 1.89 bits per heavy atom. The zero-order chi connectivity index (χ0) is 13.8. The van der Waals surface area contributed by atoms with Gasteiger partial charge in [0, 0.05) is 19.1 Å². The Bertz CT molecular complexity index is 404. The maximum absolute atomic E-state index is 3.49. The second kappa shape index (κ2) is 6.53. The molecule has 2 heteroatoms. The minimum atomic E-state index is 0.526. The highest BCUT2D eigenvalue weighted by atomic mass is 15.2. The first-order chi connectivity index (χ1) is 9.09. The van der Waals surface area contributed by atoms with Crippen LogP contribution in [0.15, 0.2) is 18.2 Å². The van der Waals surface area contributed by atoms with Crippen molar-refractivity contribution in [2.24, 2.45) is 0 Å². The van der Waals surface area contributed by atoms with Crippen molar-refractivity contribution in [3.63, 3.8) is 0 Å². The van der Waals surface area contributed by atoms with Gasteiger partial charge in [0.05, 0.1) is 0 Å². The molecule has 1 saturated heterocycles. The molecular weight excluding hydrogens is 232 g/mol. The van der Waals surface area contributed by atoms with Crippen LogP contribution < -0.4 is 5.32 Å². The summed E-state index contributed by atoms with van der Waals surface area (Å²) >= 11 is 0. The molecule has 0 spiro atoms. The molecule has 1 aliphatic rings. The zero-order valence-electron chi connectivity index (χ0n) is 12.9.